The molecule has 1 aliphatic carbocycles. The van der Waals surface area contributed by atoms with Crippen molar-refractivity contribution < 1.29 is 34.1 Å². The summed E-state index contributed by atoms with van der Waals surface area (Å²) in [5.41, 5.74) is 0.475. The van der Waals surface area contributed by atoms with Gasteiger partial charge in [-0.05, 0) is 19.3 Å². The molecule has 176 valence electrons. The quantitative estimate of drug-likeness (QED) is 0.204. The second kappa shape index (κ2) is 12.5. The minimum atomic E-state index is -0.919. The molecule has 1 saturated carbocycles. The second-order valence-electron chi connectivity index (χ2n) is 8.69. The maximum Gasteiger partial charge on any atom is 0.304 e. The Balaban J connectivity index is 1.73. The molecular weight excluding hydrogens is 402 g/mol. The largest absolute Gasteiger partial charge is 0.481 e. The van der Waals surface area contributed by atoms with Gasteiger partial charge in [0.05, 0.1) is 24.3 Å². The van der Waals surface area contributed by atoms with E-state index in [0.29, 0.717) is 18.7 Å². The van der Waals surface area contributed by atoms with E-state index in [1.54, 1.807) is 0 Å². The smallest absolute Gasteiger partial charge is 0.304 e. The van der Waals surface area contributed by atoms with E-state index in [4.69, 9.17) is 18.9 Å². The van der Waals surface area contributed by atoms with Gasteiger partial charge in [0.15, 0.2) is 12.6 Å². The van der Waals surface area contributed by atoms with Crippen LogP contribution in [-0.4, -0.2) is 60.0 Å². The average molecular weight is 440 g/mol. The molecule has 31 heavy (non-hydrogen) atoms. The van der Waals surface area contributed by atoms with Crippen LogP contribution in [0.5, 0.6) is 0 Å². The highest BCUT2D eigenvalue weighted by Crippen LogP contribution is 2.37. The van der Waals surface area contributed by atoms with Crippen molar-refractivity contribution in [1.82, 2.24) is 0 Å². The van der Waals surface area contributed by atoms with Crippen molar-refractivity contribution in [3.63, 3.8) is 0 Å². The van der Waals surface area contributed by atoms with Crippen molar-refractivity contribution in [2.75, 3.05) is 13.2 Å². The highest BCUT2D eigenvalue weighted by Gasteiger charge is 2.43. The van der Waals surface area contributed by atoms with Gasteiger partial charge in [-0.3, -0.25) is 4.79 Å². The third-order valence-corrected chi connectivity index (χ3v) is 6.32. The fourth-order valence-electron chi connectivity index (χ4n) is 4.69. The lowest BCUT2D eigenvalue weighted by atomic mass is 9.90. The van der Waals surface area contributed by atoms with Crippen LogP contribution in [0.2, 0.25) is 0 Å². The van der Waals surface area contributed by atoms with Gasteiger partial charge in [-0.15, -0.1) is 0 Å². The normalized spacial score (nSPS) is 33.6. The fourth-order valence-corrected chi connectivity index (χ4v) is 4.69. The number of hydrogen-bond donors (Lipinski definition) is 2. The molecule has 0 bridgehead atoms. The van der Waals surface area contributed by atoms with Crippen LogP contribution < -0.4 is 0 Å². The predicted octanol–water partition coefficient (Wildman–Crippen LogP) is 4.11. The minimum absolute atomic E-state index is 0.0985. The Morgan fingerprint density at radius 3 is 2.58 bits per heavy atom. The summed E-state index contributed by atoms with van der Waals surface area (Å²) in [5.74, 6) is -1.55. The summed E-state index contributed by atoms with van der Waals surface area (Å²) in [6, 6.07) is 0. The lowest BCUT2D eigenvalue weighted by Crippen LogP contribution is -2.28. The number of carboxylic acid groups (broad SMARTS) is 1. The number of unbranched alkanes of at least 4 members (excludes halogenated alkanes) is 2. The standard InChI is InChI=1S/C23H37NO7/c1-2-3-4-7-16(30-22-8-5-12-28-22)10-11-17-18(14-21(25)26)19(24-27)15-20(17)31-23-9-6-13-29-23/h10-11,16-18,20,22-23,27H,2-9,12-15H2,1H3,(H,25,26)/b11-10+,24-19+. The van der Waals surface area contributed by atoms with Gasteiger partial charge in [-0.2, -0.15) is 0 Å². The Labute approximate surface area is 184 Å². The topological polar surface area (TPSA) is 107 Å². The molecule has 2 N–H and O–H groups in total. The number of oxime groups is 1. The van der Waals surface area contributed by atoms with Crippen molar-refractivity contribution >= 4 is 11.7 Å². The highest BCUT2D eigenvalue weighted by molar-refractivity contribution is 5.92. The number of carboxylic acids is 1. The molecule has 0 amide bonds. The van der Waals surface area contributed by atoms with Gasteiger partial charge in [0.1, 0.15) is 0 Å². The summed E-state index contributed by atoms with van der Waals surface area (Å²) < 4.78 is 23.6. The van der Waals surface area contributed by atoms with Gasteiger partial charge in [0.25, 0.3) is 0 Å². The molecule has 2 aliphatic heterocycles. The van der Waals surface area contributed by atoms with Gasteiger partial charge < -0.3 is 29.3 Å². The molecule has 3 fully saturated rings. The molecule has 3 rings (SSSR count). The first-order valence-corrected chi connectivity index (χ1v) is 11.8. The van der Waals surface area contributed by atoms with Crippen molar-refractivity contribution in [3.05, 3.63) is 12.2 Å². The van der Waals surface area contributed by atoms with E-state index in [1.165, 1.54) is 0 Å². The van der Waals surface area contributed by atoms with E-state index in [1.807, 2.05) is 12.2 Å². The molecule has 0 aromatic carbocycles. The number of ether oxygens (including phenoxy) is 4. The number of rotatable bonds is 12. The molecular formula is C23H37NO7. The zero-order valence-corrected chi connectivity index (χ0v) is 18.5. The number of carbonyl (C=O) groups is 1. The summed E-state index contributed by atoms with van der Waals surface area (Å²) in [6.07, 6.45) is 11.4. The molecule has 0 radical (unpaired) electrons. The van der Waals surface area contributed by atoms with Crippen LogP contribution in [0.15, 0.2) is 17.3 Å². The second-order valence-corrected chi connectivity index (χ2v) is 8.69. The first-order chi connectivity index (χ1) is 15.1. The molecule has 6 unspecified atom stereocenters. The van der Waals surface area contributed by atoms with Crippen molar-refractivity contribution in [1.29, 1.82) is 0 Å². The van der Waals surface area contributed by atoms with Crippen molar-refractivity contribution in [2.24, 2.45) is 17.0 Å². The summed E-state index contributed by atoms with van der Waals surface area (Å²) in [5, 5.41) is 22.3. The van der Waals surface area contributed by atoms with Crippen LogP contribution in [0.4, 0.5) is 0 Å². The lowest BCUT2D eigenvalue weighted by Gasteiger charge is -2.25. The molecule has 0 spiro atoms. The Morgan fingerprint density at radius 1 is 1.23 bits per heavy atom. The van der Waals surface area contributed by atoms with Crippen LogP contribution in [0, 0.1) is 11.8 Å². The van der Waals surface area contributed by atoms with E-state index in [9.17, 15) is 15.1 Å². The number of hydrogen-bond acceptors (Lipinski definition) is 7. The highest BCUT2D eigenvalue weighted by atomic mass is 16.7. The molecule has 6 atom stereocenters. The third kappa shape index (κ3) is 7.27. The number of nitrogens with zero attached hydrogens (tertiary/aromatic N) is 1. The van der Waals surface area contributed by atoms with E-state index in [0.717, 1.165) is 58.0 Å². The zero-order valence-electron chi connectivity index (χ0n) is 18.5. The average Bonchev–Trinajstić information content (AvgIpc) is 3.49. The summed E-state index contributed by atoms with van der Waals surface area (Å²) >= 11 is 0. The van der Waals surface area contributed by atoms with Crippen LogP contribution in [0.1, 0.15) is 71.1 Å². The first-order valence-electron chi connectivity index (χ1n) is 11.8. The van der Waals surface area contributed by atoms with Gasteiger partial charge in [-0.1, -0.05) is 43.5 Å². The van der Waals surface area contributed by atoms with E-state index >= 15 is 0 Å². The van der Waals surface area contributed by atoms with Gasteiger partial charge in [0, 0.05) is 44.3 Å². The lowest BCUT2D eigenvalue weighted by molar-refractivity contribution is -0.151. The molecule has 8 heteroatoms. The maximum atomic E-state index is 11.5. The van der Waals surface area contributed by atoms with E-state index < -0.39 is 11.9 Å². The first kappa shape index (κ1) is 24.2. The Morgan fingerprint density at radius 2 is 1.97 bits per heavy atom. The Kier molecular flexibility index (Phi) is 9.77. The van der Waals surface area contributed by atoms with E-state index in [-0.39, 0.29) is 37.1 Å². The summed E-state index contributed by atoms with van der Waals surface area (Å²) in [4.78, 5) is 11.5. The molecule has 0 aromatic heterocycles. The predicted molar refractivity (Wildman–Crippen MR) is 114 cm³/mol. The summed E-state index contributed by atoms with van der Waals surface area (Å²) in [7, 11) is 0. The van der Waals surface area contributed by atoms with Crippen LogP contribution in [0.25, 0.3) is 0 Å². The van der Waals surface area contributed by atoms with Crippen LogP contribution in [0.3, 0.4) is 0 Å². The molecule has 8 nitrogen and oxygen atoms in total. The Bertz CT molecular complexity index is 611. The van der Waals surface area contributed by atoms with E-state index in [2.05, 4.69) is 12.1 Å². The molecule has 3 aliphatic rings. The van der Waals surface area contributed by atoms with Crippen LogP contribution >= 0.6 is 0 Å². The Hall–Kier alpha value is -1.48. The van der Waals surface area contributed by atoms with Gasteiger partial charge in [-0.25, -0.2) is 0 Å². The van der Waals surface area contributed by atoms with Crippen molar-refractivity contribution in [2.45, 2.75) is 95.9 Å². The maximum absolute atomic E-state index is 11.5. The van der Waals surface area contributed by atoms with Gasteiger partial charge in [0.2, 0.25) is 0 Å². The minimum Gasteiger partial charge on any atom is -0.481 e. The third-order valence-electron chi connectivity index (χ3n) is 6.32. The molecule has 2 saturated heterocycles. The molecule has 0 aromatic rings. The zero-order chi connectivity index (χ0) is 22.1. The monoisotopic (exact) mass is 439 g/mol. The van der Waals surface area contributed by atoms with Crippen LogP contribution in [-0.2, 0) is 23.7 Å². The fraction of sp³-hybridized carbons (Fsp3) is 0.826. The summed E-state index contributed by atoms with van der Waals surface area (Å²) in [6.45, 7) is 3.57. The van der Waals surface area contributed by atoms with Crippen molar-refractivity contribution in [3.8, 4) is 0 Å². The SMILES string of the molecule is CCCCCC(/C=C/C1C(OC2CCCO2)C/C(=N\O)C1CC(=O)O)OC1CCCO1. The molecule has 2 heterocycles. The number of aliphatic carboxylic acids is 1. The van der Waals surface area contributed by atoms with Gasteiger partial charge >= 0.3 is 5.97 Å².